The van der Waals surface area contributed by atoms with E-state index in [4.69, 9.17) is 4.74 Å². The molecule has 0 atom stereocenters. The molecule has 2 heterocycles. The van der Waals surface area contributed by atoms with E-state index < -0.39 is 0 Å². The van der Waals surface area contributed by atoms with E-state index >= 15 is 0 Å². The first kappa shape index (κ1) is 21.8. The Kier molecular flexibility index (Phi) is 6.42. The van der Waals surface area contributed by atoms with Crippen LogP contribution in [-0.4, -0.2) is 43.8 Å². The Hall–Kier alpha value is -3.37. The maximum absolute atomic E-state index is 12.4. The Morgan fingerprint density at radius 3 is 2.72 bits per heavy atom. The molecule has 4 aromatic rings. The number of thiazole rings is 1. The van der Waals surface area contributed by atoms with Gasteiger partial charge < -0.3 is 15.2 Å². The van der Waals surface area contributed by atoms with Crippen molar-refractivity contribution in [2.45, 2.75) is 19.0 Å². The van der Waals surface area contributed by atoms with Crippen molar-refractivity contribution in [1.29, 1.82) is 0 Å². The minimum Gasteiger partial charge on any atom is -0.493 e. The third kappa shape index (κ3) is 4.61. The molecule has 0 fully saturated rings. The Bertz CT molecular complexity index is 1300. The van der Waals surface area contributed by atoms with Crippen molar-refractivity contribution in [1.82, 2.24) is 14.5 Å². The monoisotopic (exact) mass is 468 g/mol. The first-order valence-corrected chi connectivity index (χ1v) is 11.6. The van der Waals surface area contributed by atoms with Crippen LogP contribution in [0.3, 0.4) is 0 Å². The average Bonchev–Trinajstić information content (AvgIpc) is 3.39. The second-order valence-corrected chi connectivity index (χ2v) is 8.54. The number of anilines is 1. The summed E-state index contributed by atoms with van der Waals surface area (Å²) in [4.78, 5) is 32.4. The summed E-state index contributed by atoms with van der Waals surface area (Å²) in [6, 6.07) is 11.9. The molecule has 0 aliphatic carbocycles. The predicted molar refractivity (Wildman–Crippen MR) is 126 cm³/mol. The van der Waals surface area contributed by atoms with E-state index in [1.165, 1.54) is 29.0 Å². The highest BCUT2D eigenvalue weighted by molar-refractivity contribution is 7.99. The lowest BCUT2D eigenvalue weighted by Crippen LogP contribution is -2.15. The molecule has 1 amide bonds. The molecule has 0 spiro atoms. The minimum absolute atomic E-state index is 0.0185. The summed E-state index contributed by atoms with van der Waals surface area (Å²) in [5.41, 5.74) is 1.71. The molecule has 0 radical (unpaired) electrons. The minimum atomic E-state index is -0.298. The lowest BCUT2D eigenvalue weighted by molar-refractivity contribution is -0.113. The number of rotatable bonds is 7. The van der Waals surface area contributed by atoms with Crippen LogP contribution in [0.5, 0.6) is 11.6 Å². The number of thioether (sulfide) groups is 1. The van der Waals surface area contributed by atoms with Gasteiger partial charge in [-0.15, -0.1) is 11.3 Å². The van der Waals surface area contributed by atoms with Gasteiger partial charge in [-0.3, -0.25) is 14.2 Å². The van der Waals surface area contributed by atoms with Crippen LogP contribution in [0.15, 0.2) is 53.1 Å². The molecule has 0 bridgehead atoms. The van der Waals surface area contributed by atoms with Crippen molar-refractivity contribution in [3.05, 3.63) is 48.0 Å². The van der Waals surface area contributed by atoms with E-state index in [-0.39, 0.29) is 28.6 Å². The number of fused-ring (bicyclic) bond motifs is 1. The Labute approximate surface area is 192 Å². The Morgan fingerprint density at radius 2 is 1.97 bits per heavy atom. The van der Waals surface area contributed by atoms with Gasteiger partial charge in [-0.2, -0.15) is 4.98 Å². The SMILES string of the molecule is CCOc1ccc(-c2csc(NC(=O)CSc3nc(O)cn3C(C)=O)n2)c2ccccc12. The molecular formula is C22H20N4O4S2. The summed E-state index contributed by atoms with van der Waals surface area (Å²) in [6.45, 7) is 3.89. The first-order chi connectivity index (χ1) is 15.5. The molecule has 10 heteroatoms. The average molecular weight is 469 g/mol. The van der Waals surface area contributed by atoms with Crippen LogP contribution in [0.2, 0.25) is 0 Å². The molecule has 0 saturated carbocycles. The van der Waals surface area contributed by atoms with Crippen molar-refractivity contribution < 1.29 is 19.4 Å². The molecule has 2 aromatic carbocycles. The quantitative estimate of drug-likeness (QED) is 0.380. The largest absolute Gasteiger partial charge is 0.493 e. The van der Waals surface area contributed by atoms with Gasteiger partial charge in [0.2, 0.25) is 17.7 Å². The number of benzene rings is 2. The summed E-state index contributed by atoms with van der Waals surface area (Å²) in [5.74, 6) is -0.0132. The zero-order chi connectivity index (χ0) is 22.7. The molecule has 0 unspecified atom stereocenters. The van der Waals surface area contributed by atoms with Gasteiger partial charge in [0, 0.05) is 23.3 Å². The van der Waals surface area contributed by atoms with Gasteiger partial charge in [-0.25, -0.2) is 4.98 Å². The zero-order valence-corrected chi connectivity index (χ0v) is 19.0. The van der Waals surface area contributed by atoms with Crippen LogP contribution in [0.4, 0.5) is 5.13 Å². The first-order valence-electron chi connectivity index (χ1n) is 9.78. The maximum atomic E-state index is 12.4. The highest BCUT2D eigenvalue weighted by Crippen LogP contribution is 2.35. The standard InChI is InChI=1S/C22H20N4O4S2/c1-3-30-18-9-8-15(14-6-4-5-7-16(14)18)17-11-31-21(23-17)24-20(29)12-32-22-25-19(28)10-26(22)13(2)27/h4-11,28H,3,12H2,1-2H3,(H,23,24,29). The van der Waals surface area contributed by atoms with Gasteiger partial charge in [0.1, 0.15) is 5.75 Å². The number of hydrogen-bond acceptors (Lipinski definition) is 8. The molecule has 4 rings (SSSR count). The van der Waals surface area contributed by atoms with E-state index in [1.807, 2.05) is 48.7 Å². The fourth-order valence-corrected chi connectivity index (χ4v) is 4.73. The van der Waals surface area contributed by atoms with Gasteiger partial charge in [0.05, 0.1) is 24.3 Å². The molecule has 0 aliphatic heterocycles. The molecule has 2 aromatic heterocycles. The van der Waals surface area contributed by atoms with Gasteiger partial charge >= 0.3 is 0 Å². The van der Waals surface area contributed by atoms with Gasteiger partial charge in [-0.1, -0.05) is 36.0 Å². The number of nitrogens with zero attached hydrogens (tertiary/aromatic N) is 3. The van der Waals surface area contributed by atoms with Crippen LogP contribution in [0.1, 0.15) is 18.6 Å². The third-order valence-corrected chi connectivity index (χ3v) is 6.25. The van der Waals surface area contributed by atoms with Crippen LogP contribution in [0.25, 0.3) is 22.0 Å². The van der Waals surface area contributed by atoms with Gasteiger partial charge in [-0.05, 0) is 24.4 Å². The number of nitrogens with one attached hydrogen (secondary N) is 1. The summed E-state index contributed by atoms with van der Waals surface area (Å²) in [7, 11) is 0. The van der Waals surface area contributed by atoms with E-state index in [0.29, 0.717) is 11.7 Å². The van der Waals surface area contributed by atoms with Crippen molar-refractivity contribution >= 4 is 50.8 Å². The summed E-state index contributed by atoms with van der Waals surface area (Å²) in [5, 5.41) is 16.9. The van der Waals surface area contributed by atoms with Crippen LogP contribution in [0, 0.1) is 0 Å². The number of carbonyl (C=O) groups is 2. The summed E-state index contributed by atoms with van der Waals surface area (Å²) in [6.07, 6.45) is 1.22. The normalized spacial score (nSPS) is 10.9. The Morgan fingerprint density at radius 1 is 1.19 bits per heavy atom. The topological polar surface area (TPSA) is 106 Å². The third-order valence-electron chi connectivity index (χ3n) is 4.54. The number of aromatic hydroxyl groups is 1. The number of aromatic nitrogens is 3. The second-order valence-electron chi connectivity index (χ2n) is 6.74. The van der Waals surface area contributed by atoms with Crippen molar-refractivity contribution in [3.8, 4) is 22.9 Å². The van der Waals surface area contributed by atoms with Crippen molar-refractivity contribution in [2.75, 3.05) is 17.7 Å². The highest BCUT2D eigenvalue weighted by Gasteiger charge is 2.15. The maximum Gasteiger partial charge on any atom is 0.236 e. The molecule has 164 valence electrons. The molecule has 2 N–H and O–H groups in total. The number of imidazole rings is 1. The summed E-state index contributed by atoms with van der Waals surface area (Å²) >= 11 is 2.39. The Balaban J connectivity index is 1.48. The number of ether oxygens (including phenoxy) is 1. The van der Waals surface area contributed by atoms with Crippen LogP contribution in [-0.2, 0) is 4.79 Å². The second kappa shape index (κ2) is 9.41. The highest BCUT2D eigenvalue weighted by atomic mass is 32.2. The lowest BCUT2D eigenvalue weighted by atomic mass is 10.0. The van der Waals surface area contributed by atoms with Crippen molar-refractivity contribution in [2.24, 2.45) is 0 Å². The van der Waals surface area contributed by atoms with Gasteiger partial charge in [0.15, 0.2) is 10.3 Å². The van der Waals surface area contributed by atoms with Crippen LogP contribution >= 0.6 is 23.1 Å². The molecule has 0 saturated heterocycles. The number of carbonyl (C=O) groups excluding carboxylic acids is 2. The fourth-order valence-electron chi connectivity index (χ4n) is 3.20. The van der Waals surface area contributed by atoms with Gasteiger partial charge in [0.25, 0.3) is 0 Å². The van der Waals surface area contributed by atoms with Crippen LogP contribution < -0.4 is 10.1 Å². The smallest absolute Gasteiger partial charge is 0.236 e. The summed E-state index contributed by atoms with van der Waals surface area (Å²) < 4.78 is 6.94. The number of hydrogen-bond donors (Lipinski definition) is 2. The van der Waals surface area contributed by atoms with E-state index in [0.717, 1.165) is 39.5 Å². The van der Waals surface area contributed by atoms with E-state index in [1.54, 1.807) is 0 Å². The van der Waals surface area contributed by atoms with E-state index in [2.05, 4.69) is 15.3 Å². The molecule has 0 aliphatic rings. The predicted octanol–water partition coefficient (Wildman–Crippen LogP) is 4.66. The van der Waals surface area contributed by atoms with E-state index in [9.17, 15) is 14.7 Å². The zero-order valence-electron chi connectivity index (χ0n) is 17.4. The molecule has 8 nitrogen and oxygen atoms in total. The molecular weight excluding hydrogens is 448 g/mol. The van der Waals surface area contributed by atoms with Crippen molar-refractivity contribution in [3.63, 3.8) is 0 Å². The number of amides is 1. The fraction of sp³-hybridized carbons (Fsp3) is 0.182. The lowest BCUT2D eigenvalue weighted by Gasteiger charge is -2.10. The molecule has 32 heavy (non-hydrogen) atoms.